The summed E-state index contributed by atoms with van der Waals surface area (Å²) in [7, 11) is 0. The number of hydrogen-bond acceptors (Lipinski definition) is 4. The fraction of sp³-hybridized carbons (Fsp3) is 0.400. The van der Waals surface area contributed by atoms with Gasteiger partial charge in [-0.3, -0.25) is 0 Å². The van der Waals surface area contributed by atoms with E-state index in [0.717, 1.165) is 31.9 Å². The average Bonchev–Trinajstić information content (AvgIpc) is 2.23. The van der Waals surface area contributed by atoms with Crippen LogP contribution in [0.15, 0.2) is 18.2 Å². The van der Waals surface area contributed by atoms with Crippen molar-refractivity contribution in [2.75, 3.05) is 42.5 Å². The Morgan fingerprint density at radius 3 is 2.57 bits per heavy atom. The number of rotatable bonds is 1. The van der Waals surface area contributed by atoms with Crippen LogP contribution in [0.25, 0.3) is 0 Å². The zero-order valence-corrected chi connectivity index (χ0v) is 8.16. The molecule has 0 unspecified atom stereocenters. The van der Waals surface area contributed by atoms with Crippen LogP contribution in [0.2, 0.25) is 0 Å². The van der Waals surface area contributed by atoms with E-state index in [1.54, 1.807) is 0 Å². The third-order valence-corrected chi connectivity index (χ3v) is 2.57. The molecule has 0 radical (unpaired) electrons. The van der Waals surface area contributed by atoms with E-state index in [9.17, 15) is 0 Å². The summed E-state index contributed by atoms with van der Waals surface area (Å²) in [4.78, 5) is 2.27. The van der Waals surface area contributed by atoms with Crippen LogP contribution in [0.4, 0.5) is 17.1 Å². The maximum Gasteiger partial charge on any atom is 0.0785 e. The Morgan fingerprint density at radius 2 is 1.86 bits per heavy atom. The summed E-state index contributed by atoms with van der Waals surface area (Å²) in [5.74, 6) is 0. The van der Waals surface area contributed by atoms with Crippen LogP contribution >= 0.6 is 0 Å². The van der Waals surface area contributed by atoms with Crippen molar-refractivity contribution in [1.29, 1.82) is 0 Å². The van der Waals surface area contributed by atoms with Crippen LogP contribution in [0.3, 0.4) is 0 Å². The third kappa shape index (κ3) is 1.61. The summed E-state index contributed by atoms with van der Waals surface area (Å²) in [6.45, 7) is 4.00. The predicted octanol–water partition coefficient (Wildman–Crippen LogP) is 0.261. The Labute approximate surface area is 83.9 Å². The quantitative estimate of drug-likeness (QED) is 0.558. The highest BCUT2D eigenvalue weighted by atomic mass is 15.2. The molecular formula is C10H16N4. The minimum absolute atomic E-state index is 0.668. The largest absolute Gasteiger partial charge is 0.397 e. The van der Waals surface area contributed by atoms with Crippen LogP contribution < -0.4 is 21.7 Å². The average molecular weight is 192 g/mol. The summed E-state index contributed by atoms with van der Waals surface area (Å²) in [6.07, 6.45) is 0. The van der Waals surface area contributed by atoms with E-state index < -0.39 is 0 Å². The first-order valence-corrected chi connectivity index (χ1v) is 4.88. The molecule has 2 rings (SSSR count). The normalized spacial score (nSPS) is 17.0. The Bertz CT molecular complexity index is 318. The smallest absolute Gasteiger partial charge is 0.0785 e. The number of nitrogens with zero attached hydrogens (tertiary/aromatic N) is 1. The second-order valence-electron chi connectivity index (χ2n) is 3.52. The predicted molar refractivity (Wildman–Crippen MR) is 60.3 cm³/mol. The molecule has 5 N–H and O–H groups in total. The number of anilines is 3. The van der Waals surface area contributed by atoms with Gasteiger partial charge in [-0.2, -0.15) is 0 Å². The Hall–Kier alpha value is -1.42. The first-order chi connectivity index (χ1) is 6.79. The molecule has 0 bridgehead atoms. The van der Waals surface area contributed by atoms with Crippen molar-refractivity contribution in [3.63, 3.8) is 0 Å². The Kier molecular flexibility index (Phi) is 2.45. The molecule has 76 valence electrons. The standard InChI is InChI=1S/C10H16N4/c11-8-2-1-3-9(10(8)12)14-6-4-13-5-7-14/h1-3,13H,4-7,11-12H2. The highest BCUT2D eigenvalue weighted by molar-refractivity contribution is 5.79. The summed E-state index contributed by atoms with van der Waals surface area (Å²) in [5.41, 5.74) is 14.1. The van der Waals surface area contributed by atoms with Crippen molar-refractivity contribution >= 4 is 17.1 Å². The van der Waals surface area contributed by atoms with Gasteiger partial charge in [0.05, 0.1) is 17.1 Å². The van der Waals surface area contributed by atoms with E-state index in [1.165, 1.54) is 0 Å². The highest BCUT2D eigenvalue weighted by Crippen LogP contribution is 2.28. The van der Waals surface area contributed by atoms with Gasteiger partial charge < -0.3 is 21.7 Å². The molecule has 0 aliphatic carbocycles. The zero-order chi connectivity index (χ0) is 9.97. The monoisotopic (exact) mass is 192 g/mol. The molecule has 0 atom stereocenters. The molecular weight excluding hydrogens is 176 g/mol. The first kappa shape index (κ1) is 9.15. The SMILES string of the molecule is Nc1cccc(N2CCNCC2)c1N. The fourth-order valence-electron chi connectivity index (χ4n) is 1.75. The lowest BCUT2D eigenvalue weighted by Crippen LogP contribution is -2.43. The molecule has 4 heteroatoms. The summed E-state index contributed by atoms with van der Waals surface area (Å²) >= 11 is 0. The molecule has 1 aliphatic heterocycles. The van der Waals surface area contributed by atoms with Crippen LogP contribution in [0.1, 0.15) is 0 Å². The maximum absolute atomic E-state index is 5.93. The van der Waals surface area contributed by atoms with Gasteiger partial charge in [-0.1, -0.05) is 6.07 Å². The van der Waals surface area contributed by atoms with Gasteiger partial charge >= 0.3 is 0 Å². The molecule has 1 fully saturated rings. The van der Waals surface area contributed by atoms with Crippen molar-refractivity contribution in [2.24, 2.45) is 0 Å². The lowest BCUT2D eigenvalue weighted by molar-refractivity contribution is 0.590. The number of para-hydroxylation sites is 1. The molecule has 0 saturated carbocycles. The topological polar surface area (TPSA) is 67.3 Å². The number of benzene rings is 1. The van der Waals surface area contributed by atoms with Gasteiger partial charge in [0.1, 0.15) is 0 Å². The molecule has 1 aromatic carbocycles. The molecule has 0 amide bonds. The minimum Gasteiger partial charge on any atom is -0.397 e. The van der Waals surface area contributed by atoms with Crippen LogP contribution in [0.5, 0.6) is 0 Å². The number of nitrogens with two attached hydrogens (primary N) is 2. The van der Waals surface area contributed by atoms with Gasteiger partial charge in [-0.15, -0.1) is 0 Å². The van der Waals surface area contributed by atoms with Crippen LogP contribution in [-0.4, -0.2) is 26.2 Å². The molecule has 14 heavy (non-hydrogen) atoms. The fourth-order valence-corrected chi connectivity index (χ4v) is 1.75. The van der Waals surface area contributed by atoms with E-state index in [2.05, 4.69) is 10.2 Å². The summed E-state index contributed by atoms with van der Waals surface area (Å²) < 4.78 is 0. The van der Waals surface area contributed by atoms with Crippen molar-refractivity contribution in [3.8, 4) is 0 Å². The lowest BCUT2D eigenvalue weighted by Gasteiger charge is -2.30. The van der Waals surface area contributed by atoms with Gasteiger partial charge in [0.2, 0.25) is 0 Å². The summed E-state index contributed by atoms with van der Waals surface area (Å²) in [6, 6.07) is 5.81. The Morgan fingerprint density at radius 1 is 1.14 bits per heavy atom. The number of hydrogen-bond donors (Lipinski definition) is 3. The van der Waals surface area contributed by atoms with E-state index in [1.807, 2.05) is 18.2 Å². The van der Waals surface area contributed by atoms with E-state index in [0.29, 0.717) is 11.4 Å². The van der Waals surface area contributed by atoms with Gasteiger partial charge in [0.25, 0.3) is 0 Å². The van der Waals surface area contributed by atoms with Crippen LogP contribution in [0, 0.1) is 0 Å². The Balaban J connectivity index is 2.26. The maximum atomic E-state index is 5.93. The van der Waals surface area contributed by atoms with Crippen LogP contribution in [-0.2, 0) is 0 Å². The molecule has 1 aliphatic rings. The van der Waals surface area contributed by atoms with Gasteiger partial charge in [0, 0.05) is 26.2 Å². The molecule has 4 nitrogen and oxygen atoms in total. The third-order valence-electron chi connectivity index (χ3n) is 2.57. The minimum atomic E-state index is 0.668. The van der Waals surface area contributed by atoms with E-state index >= 15 is 0 Å². The molecule has 0 spiro atoms. The number of piperazine rings is 1. The van der Waals surface area contributed by atoms with E-state index in [4.69, 9.17) is 11.5 Å². The van der Waals surface area contributed by atoms with Gasteiger partial charge in [0.15, 0.2) is 0 Å². The molecule has 1 heterocycles. The van der Waals surface area contributed by atoms with Crippen molar-refractivity contribution in [1.82, 2.24) is 5.32 Å². The van der Waals surface area contributed by atoms with Crippen molar-refractivity contribution < 1.29 is 0 Å². The second-order valence-corrected chi connectivity index (χ2v) is 3.52. The molecule has 1 aromatic rings. The van der Waals surface area contributed by atoms with Gasteiger partial charge in [-0.05, 0) is 12.1 Å². The summed E-state index contributed by atoms with van der Waals surface area (Å²) in [5, 5.41) is 3.30. The van der Waals surface area contributed by atoms with Gasteiger partial charge in [-0.25, -0.2) is 0 Å². The molecule has 0 aromatic heterocycles. The van der Waals surface area contributed by atoms with E-state index in [-0.39, 0.29) is 0 Å². The highest BCUT2D eigenvalue weighted by Gasteiger charge is 2.13. The number of nitrogen functional groups attached to an aromatic ring is 2. The molecule has 1 saturated heterocycles. The second kappa shape index (κ2) is 3.75. The lowest BCUT2D eigenvalue weighted by atomic mass is 10.2. The first-order valence-electron chi connectivity index (χ1n) is 4.88. The number of nitrogens with one attached hydrogen (secondary N) is 1. The zero-order valence-electron chi connectivity index (χ0n) is 8.16. The van der Waals surface area contributed by atoms with Crippen molar-refractivity contribution in [3.05, 3.63) is 18.2 Å². The van der Waals surface area contributed by atoms with Crippen molar-refractivity contribution in [2.45, 2.75) is 0 Å².